The van der Waals surface area contributed by atoms with E-state index in [9.17, 15) is 4.79 Å². The predicted octanol–water partition coefficient (Wildman–Crippen LogP) is 4.03. The molecule has 104 valence electrons. The minimum atomic E-state index is 0.0462. The Morgan fingerprint density at radius 1 is 1.17 bits per heavy atom. The van der Waals surface area contributed by atoms with Crippen molar-refractivity contribution in [2.75, 3.05) is 5.33 Å². The van der Waals surface area contributed by atoms with Crippen LogP contribution in [0.4, 0.5) is 0 Å². The van der Waals surface area contributed by atoms with Crippen molar-refractivity contribution in [2.45, 2.75) is 70.8 Å². The Morgan fingerprint density at radius 3 is 2.33 bits per heavy atom. The van der Waals surface area contributed by atoms with Gasteiger partial charge in [-0.25, -0.2) is 0 Å². The molecular formula is C15H26BrNO. The number of nitrogens with one attached hydrogen (secondary N) is 1. The molecular weight excluding hydrogens is 290 g/mol. The first-order valence-corrected chi connectivity index (χ1v) is 8.49. The molecule has 0 aliphatic heterocycles. The Balaban J connectivity index is 2.02. The molecule has 2 aliphatic rings. The number of rotatable bonds is 3. The van der Waals surface area contributed by atoms with Crippen molar-refractivity contribution in [1.82, 2.24) is 5.32 Å². The molecule has 3 heteroatoms. The average Bonchev–Trinajstić information content (AvgIpc) is 2.77. The minimum Gasteiger partial charge on any atom is -0.350 e. The molecule has 1 amide bonds. The second-order valence-electron chi connectivity index (χ2n) is 6.90. The molecule has 18 heavy (non-hydrogen) atoms. The molecule has 0 spiro atoms. The molecule has 2 fully saturated rings. The van der Waals surface area contributed by atoms with Gasteiger partial charge in [0.1, 0.15) is 0 Å². The van der Waals surface area contributed by atoms with Gasteiger partial charge in [-0.1, -0.05) is 55.5 Å². The van der Waals surface area contributed by atoms with E-state index in [4.69, 9.17) is 0 Å². The van der Waals surface area contributed by atoms with E-state index in [1.54, 1.807) is 0 Å². The second kappa shape index (κ2) is 5.52. The molecule has 1 N–H and O–H groups in total. The summed E-state index contributed by atoms with van der Waals surface area (Å²) in [5.41, 5.74) is 0.221. The molecule has 1 unspecified atom stereocenters. The molecule has 0 radical (unpaired) electrons. The van der Waals surface area contributed by atoms with Gasteiger partial charge in [0.2, 0.25) is 5.91 Å². The van der Waals surface area contributed by atoms with Crippen molar-refractivity contribution in [1.29, 1.82) is 0 Å². The zero-order valence-electron chi connectivity index (χ0n) is 11.7. The summed E-state index contributed by atoms with van der Waals surface area (Å²) in [6.07, 6.45) is 9.51. The van der Waals surface area contributed by atoms with Crippen LogP contribution in [0.2, 0.25) is 0 Å². The van der Waals surface area contributed by atoms with Crippen LogP contribution in [0.1, 0.15) is 65.2 Å². The van der Waals surface area contributed by atoms with Crippen LogP contribution in [-0.4, -0.2) is 16.8 Å². The van der Waals surface area contributed by atoms with Crippen LogP contribution in [-0.2, 0) is 4.79 Å². The number of hydrogen-bond acceptors (Lipinski definition) is 1. The number of carbonyl (C=O) groups is 1. The lowest BCUT2D eigenvalue weighted by Gasteiger charge is -2.40. The smallest absolute Gasteiger partial charge is 0.224 e. The normalized spacial score (nSPS) is 30.1. The summed E-state index contributed by atoms with van der Waals surface area (Å²) in [4.78, 5) is 12.6. The van der Waals surface area contributed by atoms with Crippen LogP contribution in [0.25, 0.3) is 0 Å². The zero-order valence-corrected chi connectivity index (χ0v) is 13.3. The highest BCUT2D eigenvalue weighted by molar-refractivity contribution is 9.09. The Kier molecular flexibility index (Phi) is 4.40. The Labute approximate surface area is 119 Å². The van der Waals surface area contributed by atoms with Crippen LogP contribution in [0.5, 0.6) is 0 Å². The highest BCUT2D eigenvalue weighted by Gasteiger charge is 2.41. The van der Waals surface area contributed by atoms with E-state index >= 15 is 0 Å². The van der Waals surface area contributed by atoms with Crippen molar-refractivity contribution in [3.05, 3.63) is 0 Å². The molecule has 0 heterocycles. The van der Waals surface area contributed by atoms with E-state index in [0.717, 1.165) is 24.6 Å². The lowest BCUT2D eigenvalue weighted by molar-refractivity contribution is -0.132. The number of amides is 1. The van der Waals surface area contributed by atoms with E-state index < -0.39 is 0 Å². The van der Waals surface area contributed by atoms with Crippen molar-refractivity contribution in [2.24, 2.45) is 11.3 Å². The zero-order chi connectivity index (χ0) is 13.2. The van der Waals surface area contributed by atoms with Crippen LogP contribution < -0.4 is 5.32 Å². The van der Waals surface area contributed by atoms with Gasteiger partial charge >= 0.3 is 0 Å². The number of hydrogen-bond donors (Lipinski definition) is 1. The van der Waals surface area contributed by atoms with E-state index in [0.29, 0.717) is 5.91 Å². The quantitative estimate of drug-likeness (QED) is 0.783. The topological polar surface area (TPSA) is 29.1 Å². The fraction of sp³-hybridized carbons (Fsp3) is 0.933. The fourth-order valence-electron chi connectivity index (χ4n) is 3.67. The summed E-state index contributed by atoms with van der Waals surface area (Å²) in [7, 11) is 0. The second-order valence-corrected chi connectivity index (χ2v) is 7.46. The van der Waals surface area contributed by atoms with Crippen LogP contribution in [0, 0.1) is 11.3 Å². The van der Waals surface area contributed by atoms with Crippen molar-refractivity contribution in [3.8, 4) is 0 Å². The van der Waals surface area contributed by atoms with Gasteiger partial charge in [-0.3, -0.25) is 4.79 Å². The molecule has 2 aliphatic carbocycles. The molecule has 2 nitrogen and oxygen atoms in total. The number of halogens is 1. The maximum atomic E-state index is 12.6. The van der Waals surface area contributed by atoms with Gasteiger partial charge in [0.15, 0.2) is 0 Å². The first-order chi connectivity index (χ1) is 8.49. The Morgan fingerprint density at radius 2 is 1.78 bits per heavy atom. The standard InChI is InChI=1S/C15H26BrNO/c1-14(2)8-4-3-7-12(14)13(18)17-15(11-16)9-5-6-10-15/h12H,3-11H2,1-2H3,(H,17,18). The third-order valence-electron chi connectivity index (χ3n) is 5.03. The van der Waals surface area contributed by atoms with Gasteiger partial charge in [-0.2, -0.15) is 0 Å². The van der Waals surface area contributed by atoms with Crippen molar-refractivity contribution in [3.63, 3.8) is 0 Å². The molecule has 0 aromatic heterocycles. The summed E-state index contributed by atoms with van der Waals surface area (Å²) in [5.74, 6) is 0.517. The van der Waals surface area contributed by atoms with Gasteiger partial charge in [0, 0.05) is 16.8 Å². The number of carbonyl (C=O) groups excluding carboxylic acids is 1. The molecule has 0 aromatic rings. The minimum absolute atomic E-state index is 0.0462. The predicted molar refractivity (Wildman–Crippen MR) is 78.9 cm³/mol. The fourth-order valence-corrected chi connectivity index (χ4v) is 4.37. The Hall–Kier alpha value is -0.0500. The summed E-state index contributed by atoms with van der Waals surface area (Å²) in [6, 6.07) is 0. The average molecular weight is 316 g/mol. The van der Waals surface area contributed by atoms with E-state index in [1.807, 2.05) is 0 Å². The van der Waals surface area contributed by atoms with Crippen molar-refractivity contribution < 1.29 is 4.79 Å². The molecule has 2 saturated carbocycles. The third kappa shape index (κ3) is 2.92. The van der Waals surface area contributed by atoms with Crippen LogP contribution in [0.3, 0.4) is 0 Å². The van der Waals surface area contributed by atoms with Gasteiger partial charge in [0.05, 0.1) is 0 Å². The first kappa shape index (κ1) is 14.4. The molecule has 2 rings (SSSR count). The van der Waals surface area contributed by atoms with E-state index in [2.05, 4.69) is 35.1 Å². The highest BCUT2D eigenvalue weighted by Crippen LogP contribution is 2.41. The van der Waals surface area contributed by atoms with Gasteiger partial charge < -0.3 is 5.32 Å². The SMILES string of the molecule is CC1(C)CCCCC1C(=O)NC1(CBr)CCCC1. The van der Waals surface area contributed by atoms with E-state index in [-0.39, 0.29) is 16.9 Å². The molecule has 0 saturated heterocycles. The summed E-state index contributed by atoms with van der Waals surface area (Å²) < 4.78 is 0. The molecule has 1 atom stereocenters. The maximum absolute atomic E-state index is 12.6. The highest BCUT2D eigenvalue weighted by atomic mass is 79.9. The van der Waals surface area contributed by atoms with Crippen molar-refractivity contribution >= 4 is 21.8 Å². The number of alkyl halides is 1. The maximum Gasteiger partial charge on any atom is 0.224 e. The molecule has 0 bridgehead atoms. The van der Waals surface area contributed by atoms with E-state index in [1.165, 1.54) is 32.1 Å². The first-order valence-electron chi connectivity index (χ1n) is 7.37. The Bertz CT molecular complexity index is 308. The van der Waals surface area contributed by atoms with Crippen LogP contribution >= 0.6 is 15.9 Å². The third-order valence-corrected chi connectivity index (χ3v) is 6.10. The van der Waals surface area contributed by atoms with Gasteiger partial charge in [-0.05, 0) is 31.1 Å². The van der Waals surface area contributed by atoms with Gasteiger partial charge in [-0.15, -0.1) is 0 Å². The largest absolute Gasteiger partial charge is 0.350 e. The summed E-state index contributed by atoms with van der Waals surface area (Å²) >= 11 is 3.60. The summed E-state index contributed by atoms with van der Waals surface area (Å²) in [5, 5.41) is 4.28. The lowest BCUT2D eigenvalue weighted by Crippen LogP contribution is -2.52. The molecule has 0 aromatic carbocycles. The summed E-state index contributed by atoms with van der Waals surface area (Å²) in [6.45, 7) is 4.51. The van der Waals surface area contributed by atoms with Crippen LogP contribution in [0.15, 0.2) is 0 Å². The monoisotopic (exact) mass is 315 g/mol. The van der Waals surface area contributed by atoms with Gasteiger partial charge in [0.25, 0.3) is 0 Å². The lowest BCUT2D eigenvalue weighted by atomic mass is 9.68.